The molecule has 2 heteroatoms. The predicted molar refractivity (Wildman–Crippen MR) is 233 cm³/mol. The Bertz CT molecular complexity index is 2870. The summed E-state index contributed by atoms with van der Waals surface area (Å²) in [6.07, 6.45) is 1.94. The van der Waals surface area contributed by atoms with E-state index in [0.717, 1.165) is 39.2 Å². The Morgan fingerprint density at radius 2 is 0.821 bits per heavy atom. The van der Waals surface area contributed by atoms with Gasteiger partial charge in [0.2, 0.25) is 0 Å². The van der Waals surface area contributed by atoms with Crippen molar-refractivity contribution in [2.45, 2.75) is 5.41 Å². The van der Waals surface area contributed by atoms with Crippen LogP contribution >= 0.6 is 0 Å². The number of fused-ring (bicyclic) bond motifs is 3. The van der Waals surface area contributed by atoms with E-state index in [-0.39, 0.29) is 0 Å². The van der Waals surface area contributed by atoms with Crippen LogP contribution < -0.4 is 0 Å². The fourth-order valence-electron chi connectivity index (χ4n) is 8.85. The Balaban J connectivity index is 1.30. The molecular formula is C54H38N2. The average molecular weight is 715 g/mol. The van der Waals surface area contributed by atoms with Crippen LogP contribution in [0.4, 0.5) is 0 Å². The second-order valence-corrected chi connectivity index (χ2v) is 14.3. The molecular weight excluding hydrogens is 677 g/mol. The molecule has 0 aliphatic heterocycles. The van der Waals surface area contributed by atoms with Crippen molar-refractivity contribution in [1.82, 2.24) is 9.55 Å². The SMILES string of the molecule is c1ccc(-c2ccnc(-c3ccccc3C(c3ccccc3)(c3ccccc3)c3ccccc3-c3ccccc3-n3c4ccccc4c4ccccc43)c2)cc1. The van der Waals surface area contributed by atoms with Gasteiger partial charge in [0.1, 0.15) is 0 Å². The molecule has 0 atom stereocenters. The summed E-state index contributed by atoms with van der Waals surface area (Å²) < 4.78 is 2.44. The molecule has 264 valence electrons. The van der Waals surface area contributed by atoms with Crippen LogP contribution in [0.3, 0.4) is 0 Å². The van der Waals surface area contributed by atoms with Gasteiger partial charge < -0.3 is 4.57 Å². The van der Waals surface area contributed by atoms with Crippen molar-refractivity contribution >= 4 is 21.8 Å². The first kappa shape index (κ1) is 33.3. The summed E-state index contributed by atoms with van der Waals surface area (Å²) in [6.45, 7) is 0. The zero-order valence-corrected chi connectivity index (χ0v) is 30.8. The smallest absolute Gasteiger partial charge is 0.0714 e. The fraction of sp³-hybridized carbons (Fsp3) is 0.0185. The highest BCUT2D eigenvalue weighted by Gasteiger charge is 2.42. The first-order chi connectivity index (χ1) is 27.8. The van der Waals surface area contributed by atoms with E-state index in [4.69, 9.17) is 4.98 Å². The molecule has 10 rings (SSSR count). The van der Waals surface area contributed by atoms with E-state index in [1.807, 2.05) is 6.20 Å². The van der Waals surface area contributed by atoms with Crippen LogP contribution in [0.2, 0.25) is 0 Å². The van der Waals surface area contributed by atoms with Gasteiger partial charge in [-0.15, -0.1) is 0 Å². The average Bonchev–Trinajstić information content (AvgIpc) is 3.62. The number of rotatable bonds is 8. The van der Waals surface area contributed by atoms with Crippen molar-refractivity contribution < 1.29 is 0 Å². The maximum absolute atomic E-state index is 5.07. The lowest BCUT2D eigenvalue weighted by Gasteiger charge is -2.39. The minimum absolute atomic E-state index is 0.742. The zero-order valence-electron chi connectivity index (χ0n) is 30.8. The number of para-hydroxylation sites is 3. The van der Waals surface area contributed by atoms with E-state index in [0.29, 0.717) is 0 Å². The summed E-state index contributed by atoms with van der Waals surface area (Å²) in [7, 11) is 0. The number of hydrogen-bond donors (Lipinski definition) is 0. The number of pyridine rings is 1. The molecule has 0 radical (unpaired) electrons. The number of benzene rings is 8. The van der Waals surface area contributed by atoms with Gasteiger partial charge in [-0.1, -0.05) is 194 Å². The molecule has 2 heterocycles. The van der Waals surface area contributed by atoms with Gasteiger partial charge in [0, 0.05) is 28.1 Å². The Morgan fingerprint density at radius 1 is 0.357 bits per heavy atom. The van der Waals surface area contributed by atoms with Crippen LogP contribution in [-0.2, 0) is 5.41 Å². The van der Waals surface area contributed by atoms with E-state index >= 15 is 0 Å². The molecule has 10 aromatic rings. The summed E-state index contributed by atoms with van der Waals surface area (Å²) in [5.41, 5.74) is 14.1. The molecule has 0 aliphatic carbocycles. The lowest BCUT2D eigenvalue weighted by molar-refractivity contribution is 0.748. The van der Waals surface area contributed by atoms with Crippen LogP contribution in [0.15, 0.2) is 231 Å². The third-order valence-corrected chi connectivity index (χ3v) is 11.2. The highest BCUT2D eigenvalue weighted by atomic mass is 15.0. The van der Waals surface area contributed by atoms with Crippen molar-refractivity contribution in [2.75, 3.05) is 0 Å². The topological polar surface area (TPSA) is 17.8 Å². The highest BCUT2D eigenvalue weighted by Crippen LogP contribution is 2.51. The van der Waals surface area contributed by atoms with Gasteiger partial charge >= 0.3 is 0 Å². The van der Waals surface area contributed by atoms with E-state index < -0.39 is 5.41 Å². The van der Waals surface area contributed by atoms with E-state index in [1.165, 1.54) is 44.1 Å². The quantitative estimate of drug-likeness (QED) is 0.143. The zero-order chi connectivity index (χ0) is 37.3. The molecule has 0 N–H and O–H groups in total. The lowest BCUT2D eigenvalue weighted by Crippen LogP contribution is -2.32. The van der Waals surface area contributed by atoms with Crippen LogP contribution in [0.25, 0.3) is 61.0 Å². The maximum atomic E-state index is 5.07. The van der Waals surface area contributed by atoms with Gasteiger partial charge in [0.05, 0.1) is 27.8 Å². The number of aromatic nitrogens is 2. The first-order valence-electron chi connectivity index (χ1n) is 19.2. The van der Waals surface area contributed by atoms with Gasteiger partial charge in [-0.25, -0.2) is 0 Å². The molecule has 0 amide bonds. The minimum atomic E-state index is -0.742. The van der Waals surface area contributed by atoms with Crippen LogP contribution in [0.1, 0.15) is 22.3 Å². The summed E-state index contributed by atoms with van der Waals surface area (Å²) in [5.74, 6) is 0. The Labute approximate surface area is 327 Å². The lowest BCUT2D eigenvalue weighted by atomic mass is 9.62. The number of hydrogen-bond acceptors (Lipinski definition) is 1. The molecule has 0 fully saturated rings. The van der Waals surface area contributed by atoms with Crippen molar-refractivity contribution in [2.24, 2.45) is 0 Å². The van der Waals surface area contributed by atoms with Gasteiger partial charge in [-0.2, -0.15) is 0 Å². The summed E-state index contributed by atoms with van der Waals surface area (Å²) in [5, 5.41) is 2.49. The molecule has 0 saturated heterocycles. The molecule has 0 spiro atoms. The van der Waals surface area contributed by atoms with Gasteiger partial charge in [0.15, 0.2) is 0 Å². The highest BCUT2D eigenvalue weighted by molar-refractivity contribution is 6.09. The third kappa shape index (κ3) is 5.46. The minimum Gasteiger partial charge on any atom is -0.309 e. The van der Waals surface area contributed by atoms with Crippen molar-refractivity contribution in [3.8, 4) is 39.2 Å². The first-order valence-corrected chi connectivity index (χ1v) is 19.2. The van der Waals surface area contributed by atoms with Crippen LogP contribution in [0, 0.1) is 0 Å². The molecule has 0 saturated carbocycles. The van der Waals surface area contributed by atoms with E-state index in [1.54, 1.807) is 0 Å². The Kier molecular flexibility index (Phi) is 8.42. The Morgan fingerprint density at radius 3 is 1.45 bits per heavy atom. The van der Waals surface area contributed by atoms with Crippen molar-refractivity contribution in [1.29, 1.82) is 0 Å². The fourth-order valence-corrected chi connectivity index (χ4v) is 8.85. The van der Waals surface area contributed by atoms with Gasteiger partial charge in [-0.05, 0) is 69.3 Å². The Hall–Kier alpha value is -7.29. The van der Waals surface area contributed by atoms with Gasteiger partial charge in [-0.3, -0.25) is 4.98 Å². The predicted octanol–water partition coefficient (Wildman–Crippen LogP) is 13.6. The van der Waals surface area contributed by atoms with E-state index in [9.17, 15) is 0 Å². The summed E-state index contributed by atoms with van der Waals surface area (Å²) in [6, 6.07) is 81.2. The van der Waals surface area contributed by atoms with Crippen molar-refractivity contribution in [3.63, 3.8) is 0 Å². The van der Waals surface area contributed by atoms with Crippen molar-refractivity contribution in [3.05, 3.63) is 253 Å². The molecule has 0 aliphatic rings. The molecule has 56 heavy (non-hydrogen) atoms. The number of nitrogens with zero attached hydrogens (tertiary/aromatic N) is 2. The molecule has 0 bridgehead atoms. The monoisotopic (exact) mass is 714 g/mol. The summed E-state index contributed by atoms with van der Waals surface area (Å²) in [4.78, 5) is 5.07. The molecule has 0 unspecified atom stereocenters. The maximum Gasteiger partial charge on any atom is 0.0714 e. The second-order valence-electron chi connectivity index (χ2n) is 14.3. The van der Waals surface area contributed by atoms with Gasteiger partial charge in [0.25, 0.3) is 0 Å². The molecule has 8 aromatic carbocycles. The second kappa shape index (κ2) is 14.2. The normalized spacial score (nSPS) is 11.6. The summed E-state index contributed by atoms with van der Waals surface area (Å²) >= 11 is 0. The van der Waals surface area contributed by atoms with Crippen LogP contribution in [0.5, 0.6) is 0 Å². The standard InChI is InChI=1S/C54H38N2/c1-4-20-39(21-5-1)40-36-37-55-50(38-40)47-30-11-16-32-49(47)54(41-22-6-2-7-23-41,42-24-8-3-9-25-42)48-31-15-10-26-43(48)44-27-12-17-33-51(44)56-52-34-18-13-28-45(52)46-29-14-19-35-53(46)56/h1-38H. The molecule has 2 aromatic heterocycles. The van der Waals surface area contributed by atoms with Crippen LogP contribution in [-0.4, -0.2) is 9.55 Å². The third-order valence-electron chi connectivity index (χ3n) is 11.2. The van der Waals surface area contributed by atoms with E-state index in [2.05, 4.69) is 229 Å². The largest absolute Gasteiger partial charge is 0.309 e. The molecule has 2 nitrogen and oxygen atoms in total.